The Morgan fingerprint density at radius 2 is 2.33 bits per heavy atom. The van der Waals surface area contributed by atoms with Gasteiger partial charge in [0.05, 0.1) is 7.11 Å². The fraction of sp³-hybridized carbons (Fsp3) is 0.300. The Bertz CT molecular complexity index is 496. The van der Waals surface area contributed by atoms with E-state index in [1.54, 1.807) is 12.1 Å². The van der Waals surface area contributed by atoms with Crippen molar-refractivity contribution in [2.45, 2.75) is 6.42 Å². The highest BCUT2D eigenvalue weighted by Gasteiger charge is 2.07. The van der Waals surface area contributed by atoms with Crippen LogP contribution < -0.4 is 5.32 Å². The molecule has 18 heavy (non-hydrogen) atoms. The summed E-state index contributed by atoms with van der Waals surface area (Å²) in [5, 5.41) is 17.2. The Morgan fingerprint density at radius 3 is 2.94 bits per heavy atom. The third-order valence-corrected chi connectivity index (χ3v) is 2.19. The molecule has 0 aliphatic heterocycles. The van der Waals surface area contributed by atoms with Gasteiger partial charge in [0.2, 0.25) is 0 Å². The van der Waals surface area contributed by atoms with E-state index in [4.69, 9.17) is 0 Å². The number of rotatable bonds is 5. The normalized spacial score (nSPS) is 10.1. The summed E-state index contributed by atoms with van der Waals surface area (Å²) in [5.74, 6) is 0.875. The largest absolute Gasteiger partial charge is 0.464 e. The van der Waals surface area contributed by atoms with Crippen LogP contribution in [0.4, 0.5) is 5.82 Å². The van der Waals surface area contributed by atoms with E-state index < -0.39 is 5.97 Å². The molecule has 8 nitrogen and oxygen atoms in total. The van der Waals surface area contributed by atoms with Crippen LogP contribution in [0.5, 0.6) is 0 Å². The van der Waals surface area contributed by atoms with Crippen LogP contribution >= 0.6 is 0 Å². The zero-order valence-electron chi connectivity index (χ0n) is 9.75. The molecule has 0 radical (unpaired) electrons. The summed E-state index contributed by atoms with van der Waals surface area (Å²) < 4.78 is 4.53. The van der Waals surface area contributed by atoms with Crippen molar-refractivity contribution in [2.24, 2.45) is 0 Å². The number of nitrogens with one attached hydrogen (secondary N) is 2. The Balaban J connectivity index is 1.85. The number of aromatic amines is 1. The molecule has 2 aromatic heterocycles. The standard InChI is InChI=1S/C10H12N6O2/c1-18-10(17)7-2-3-8(16-14-7)11-5-4-9-12-6-13-15-9/h2-3,6H,4-5H2,1H3,(H,11,16)(H,12,13,15). The minimum absolute atomic E-state index is 0.179. The summed E-state index contributed by atoms with van der Waals surface area (Å²) in [4.78, 5) is 15.1. The lowest BCUT2D eigenvalue weighted by Gasteiger charge is -2.03. The first-order valence-electron chi connectivity index (χ1n) is 5.30. The predicted molar refractivity (Wildman–Crippen MR) is 61.9 cm³/mol. The highest BCUT2D eigenvalue weighted by Crippen LogP contribution is 2.03. The molecule has 0 aliphatic rings. The van der Waals surface area contributed by atoms with E-state index in [0.29, 0.717) is 18.8 Å². The van der Waals surface area contributed by atoms with Crippen molar-refractivity contribution in [1.82, 2.24) is 25.4 Å². The highest BCUT2D eigenvalue weighted by molar-refractivity contribution is 5.86. The third kappa shape index (κ3) is 3.00. The van der Waals surface area contributed by atoms with Gasteiger partial charge >= 0.3 is 5.97 Å². The smallest absolute Gasteiger partial charge is 0.358 e. The number of methoxy groups -OCH3 is 1. The quantitative estimate of drug-likeness (QED) is 0.719. The third-order valence-electron chi connectivity index (χ3n) is 2.19. The highest BCUT2D eigenvalue weighted by atomic mass is 16.5. The summed E-state index contributed by atoms with van der Waals surface area (Å²) >= 11 is 0. The molecule has 2 rings (SSSR count). The van der Waals surface area contributed by atoms with Crippen molar-refractivity contribution in [1.29, 1.82) is 0 Å². The molecule has 0 saturated heterocycles. The number of carbonyl (C=O) groups excluding carboxylic acids is 1. The van der Waals surface area contributed by atoms with Gasteiger partial charge in [0.25, 0.3) is 0 Å². The molecule has 94 valence electrons. The van der Waals surface area contributed by atoms with Gasteiger partial charge in [-0.25, -0.2) is 9.78 Å². The van der Waals surface area contributed by atoms with Crippen LogP contribution in [0.1, 0.15) is 16.3 Å². The number of ether oxygens (including phenoxy) is 1. The van der Waals surface area contributed by atoms with E-state index in [-0.39, 0.29) is 5.69 Å². The van der Waals surface area contributed by atoms with Crippen LogP contribution in [-0.2, 0) is 11.2 Å². The fourth-order valence-electron chi connectivity index (χ4n) is 1.30. The number of hydrogen-bond acceptors (Lipinski definition) is 7. The second kappa shape index (κ2) is 5.71. The molecule has 0 amide bonds. The van der Waals surface area contributed by atoms with Gasteiger partial charge < -0.3 is 10.1 Å². The van der Waals surface area contributed by atoms with Crippen molar-refractivity contribution in [3.8, 4) is 0 Å². The lowest BCUT2D eigenvalue weighted by Crippen LogP contribution is -2.10. The number of anilines is 1. The Morgan fingerprint density at radius 1 is 1.44 bits per heavy atom. The molecule has 0 atom stereocenters. The topological polar surface area (TPSA) is 106 Å². The minimum Gasteiger partial charge on any atom is -0.464 e. The Kier molecular flexibility index (Phi) is 3.79. The van der Waals surface area contributed by atoms with Gasteiger partial charge in [-0.1, -0.05) is 0 Å². The van der Waals surface area contributed by atoms with E-state index in [0.717, 1.165) is 5.82 Å². The molecule has 2 aromatic rings. The number of esters is 1. The van der Waals surface area contributed by atoms with Crippen molar-refractivity contribution >= 4 is 11.8 Å². The van der Waals surface area contributed by atoms with Crippen molar-refractivity contribution in [3.05, 3.63) is 30.0 Å². The van der Waals surface area contributed by atoms with E-state index in [1.165, 1.54) is 13.4 Å². The summed E-state index contributed by atoms with van der Waals surface area (Å²) in [5.41, 5.74) is 0.179. The zero-order valence-corrected chi connectivity index (χ0v) is 9.75. The van der Waals surface area contributed by atoms with Crippen LogP contribution in [0.2, 0.25) is 0 Å². The summed E-state index contributed by atoms with van der Waals surface area (Å²) in [6, 6.07) is 3.22. The lowest BCUT2D eigenvalue weighted by molar-refractivity contribution is 0.0593. The van der Waals surface area contributed by atoms with Crippen LogP contribution in [0.15, 0.2) is 18.5 Å². The number of nitrogens with zero attached hydrogens (tertiary/aromatic N) is 4. The fourth-order valence-corrected chi connectivity index (χ4v) is 1.30. The molecule has 0 unspecified atom stereocenters. The number of aromatic nitrogens is 5. The summed E-state index contributed by atoms with van der Waals surface area (Å²) in [7, 11) is 1.30. The van der Waals surface area contributed by atoms with Gasteiger partial charge in [-0.3, -0.25) is 5.10 Å². The number of H-pyrrole nitrogens is 1. The van der Waals surface area contributed by atoms with Crippen molar-refractivity contribution in [3.63, 3.8) is 0 Å². The van der Waals surface area contributed by atoms with Crippen LogP contribution in [0.25, 0.3) is 0 Å². The molecule has 0 spiro atoms. The van der Waals surface area contributed by atoms with Crippen LogP contribution in [-0.4, -0.2) is 45.0 Å². The molecule has 0 fully saturated rings. The molecular formula is C10H12N6O2. The second-order valence-electron chi connectivity index (χ2n) is 3.40. The van der Waals surface area contributed by atoms with Crippen LogP contribution in [0.3, 0.4) is 0 Å². The van der Waals surface area contributed by atoms with Gasteiger partial charge in [-0.05, 0) is 12.1 Å². The van der Waals surface area contributed by atoms with Crippen molar-refractivity contribution < 1.29 is 9.53 Å². The first-order chi connectivity index (χ1) is 8.79. The molecule has 0 aromatic carbocycles. The molecule has 0 bridgehead atoms. The van der Waals surface area contributed by atoms with Gasteiger partial charge in [0.15, 0.2) is 5.69 Å². The van der Waals surface area contributed by atoms with Crippen molar-refractivity contribution in [2.75, 3.05) is 19.0 Å². The maximum absolute atomic E-state index is 11.1. The Labute approximate surface area is 103 Å². The summed E-state index contributed by atoms with van der Waals surface area (Å²) in [6.45, 7) is 0.640. The molecule has 2 N–H and O–H groups in total. The first-order valence-corrected chi connectivity index (χ1v) is 5.30. The maximum atomic E-state index is 11.1. The molecule has 0 saturated carbocycles. The molecule has 0 aliphatic carbocycles. The van der Waals surface area contributed by atoms with Gasteiger partial charge in [0, 0.05) is 13.0 Å². The molecule has 2 heterocycles. The van der Waals surface area contributed by atoms with Gasteiger partial charge in [-0.15, -0.1) is 10.2 Å². The summed E-state index contributed by atoms with van der Waals surface area (Å²) in [6.07, 6.45) is 2.15. The molecule has 8 heteroatoms. The zero-order chi connectivity index (χ0) is 12.8. The SMILES string of the molecule is COC(=O)c1ccc(NCCc2ncn[nH]2)nn1. The predicted octanol–water partition coefficient (Wildman–Crippen LogP) is 0.0359. The van der Waals surface area contributed by atoms with Gasteiger partial charge in [-0.2, -0.15) is 5.10 Å². The minimum atomic E-state index is -0.504. The monoisotopic (exact) mass is 248 g/mol. The molecular weight excluding hydrogens is 236 g/mol. The van der Waals surface area contributed by atoms with E-state index in [9.17, 15) is 4.79 Å². The van der Waals surface area contributed by atoms with E-state index in [2.05, 4.69) is 35.4 Å². The first kappa shape index (κ1) is 12.0. The number of hydrogen-bond donors (Lipinski definition) is 2. The maximum Gasteiger partial charge on any atom is 0.358 e. The number of carbonyl (C=O) groups is 1. The van der Waals surface area contributed by atoms with E-state index in [1.807, 2.05) is 0 Å². The van der Waals surface area contributed by atoms with E-state index >= 15 is 0 Å². The van der Waals surface area contributed by atoms with Crippen LogP contribution in [0, 0.1) is 0 Å². The lowest BCUT2D eigenvalue weighted by atomic mass is 10.3. The average Bonchev–Trinajstić information content (AvgIpc) is 2.92. The van der Waals surface area contributed by atoms with Gasteiger partial charge in [0.1, 0.15) is 18.0 Å². The Hall–Kier alpha value is -2.51. The second-order valence-corrected chi connectivity index (χ2v) is 3.40. The average molecular weight is 248 g/mol.